The van der Waals surface area contributed by atoms with Gasteiger partial charge in [0.2, 0.25) is 5.88 Å². The van der Waals surface area contributed by atoms with Crippen molar-refractivity contribution in [3.05, 3.63) is 65.2 Å². The lowest BCUT2D eigenvalue weighted by atomic mass is 9.63. The van der Waals surface area contributed by atoms with E-state index in [4.69, 9.17) is 9.72 Å². The van der Waals surface area contributed by atoms with Gasteiger partial charge in [-0.25, -0.2) is 15.0 Å². The number of aromatic nitrogens is 3. The number of pyridine rings is 3. The summed E-state index contributed by atoms with van der Waals surface area (Å²) in [7, 11) is 0. The Kier molecular flexibility index (Phi) is 9.96. The van der Waals surface area contributed by atoms with Gasteiger partial charge in [0, 0.05) is 36.9 Å². The molecule has 0 saturated carbocycles. The van der Waals surface area contributed by atoms with Crippen LogP contribution in [0, 0.1) is 5.92 Å². The maximum absolute atomic E-state index is 14.1. The van der Waals surface area contributed by atoms with E-state index in [-0.39, 0.29) is 23.4 Å². The molecule has 2 fully saturated rings. The van der Waals surface area contributed by atoms with Crippen molar-refractivity contribution in [3.8, 4) is 17.1 Å². The largest absolute Gasteiger partial charge is 0.477 e. The van der Waals surface area contributed by atoms with Crippen LogP contribution in [0.15, 0.2) is 42.6 Å². The minimum absolute atomic E-state index is 0.0171. The lowest BCUT2D eigenvalue weighted by Crippen LogP contribution is -2.58. The fourth-order valence-electron chi connectivity index (χ4n) is 6.71. The van der Waals surface area contributed by atoms with Gasteiger partial charge in [-0.2, -0.15) is 13.2 Å². The summed E-state index contributed by atoms with van der Waals surface area (Å²) in [6.45, 7) is 11.8. The van der Waals surface area contributed by atoms with Crippen LogP contribution in [-0.4, -0.2) is 60.2 Å². The van der Waals surface area contributed by atoms with Gasteiger partial charge in [0.25, 0.3) is 5.91 Å². The molecule has 2 saturated heterocycles. The maximum atomic E-state index is 14.1. The fourth-order valence-corrected chi connectivity index (χ4v) is 6.71. The van der Waals surface area contributed by atoms with E-state index >= 15 is 0 Å². The van der Waals surface area contributed by atoms with Crippen LogP contribution in [-0.2, 0) is 11.6 Å². The molecule has 45 heavy (non-hydrogen) atoms. The van der Waals surface area contributed by atoms with Gasteiger partial charge in [0.05, 0.1) is 23.6 Å². The lowest BCUT2D eigenvalue weighted by molar-refractivity contribution is -0.140. The molecule has 2 N–H and O–H groups in total. The molecule has 0 aromatic carbocycles. The van der Waals surface area contributed by atoms with E-state index in [1.54, 1.807) is 29.3 Å². The van der Waals surface area contributed by atoms with E-state index in [0.717, 1.165) is 12.0 Å². The molecule has 8 nitrogen and oxygen atoms in total. The quantitative estimate of drug-likeness (QED) is 0.330. The zero-order valence-electron chi connectivity index (χ0n) is 26.5. The van der Waals surface area contributed by atoms with Gasteiger partial charge in [0.15, 0.2) is 5.69 Å². The molecule has 0 bridgehead atoms. The van der Waals surface area contributed by atoms with Crippen molar-refractivity contribution in [3.63, 3.8) is 0 Å². The number of hydrogen-bond donors (Lipinski definition) is 2. The van der Waals surface area contributed by atoms with Crippen molar-refractivity contribution < 1.29 is 22.7 Å². The van der Waals surface area contributed by atoms with E-state index in [9.17, 15) is 18.0 Å². The smallest absolute Gasteiger partial charge is 0.435 e. The Morgan fingerprint density at radius 3 is 2.51 bits per heavy atom. The first-order valence-corrected chi connectivity index (χ1v) is 16.0. The summed E-state index contributed by atoms with van der Waals surface area (Å²) in [5.74, 6) is 0.0609. The summed E-state index contributed by atoms with van der Waals surface area (Å²) in [5, 5.41) is 6.25. The van der Waals surface area contributed by atoms with Crippen molar-refractivity contribution >= 4 is 11.6 Å². The molecule has 6 rings (SSSR count). The number of piperidine rings is 1. The number of amides is 1. The number of carbonyl (C=O) groups is 1. The number of hydrogen-bond acceptors (Lipinski definition) is 7. The Morgan fingerprint density at radius 2 is 1.87 bits per heavy atom. The Labute approximate surface area is 263 Å². The van der Waals surface area contributed by atoms with E-state index < -0.39 is 17.3 Å². The predicted octanol–water partition coefficient (Wildman–Crippen LogP) is 6.37. The van der Waals surface area contributed by atoms with Gasteiger partial charge in [-0.05, 0) is 87.0 Å². The lowest BCUT2D eigenvalue weighted by Gasteiger charge is -2.51. The maximum Gasteiger partial charge on any atom is 0.435 e. The second-order valence-corrected chi connectivity index (χ2v) is 12.2. The highest BCUT2D eigenvalue weighted by Crippen LogP contribution is 2.47. The molecule has 11 heteroatoms. The van der Waals surface area contributed by atoms with Crippen LogP contribution in [0.25, 0.3) is 11.3 Å². The number of anilines is 1. The van der Waals surface area contributed by atoms with Gasteiger partial charge in [0.1, 0.15) is 5.69 Å². The van der Waals surface area contributed by atoms with Gasteiger partial charge in [-0.1, -0.05) is 33.3 Å². The van der Waals surface area contributed by atoms with Crippen molar-refractivity contribution in [2.75, 3.05) is 44.2 Å². The van der Waals surface area contributed by atoms with E-state index in [0.29, 0.717) is 61.2 Å². The number of ether oxygens (including phenoxy) is 1. The van der Waals surface area contributed by atoms with E-state index in [1.807, 2.05) is 45.9 Å². The van der Waals surface area contributed by atoms with E-state index in [1.165, 1.54) is 25.9 Å². The third-order valence-electron chi connectivity index (χ3n) is 9.14. The molecule has 1 amide bonds. The summed E-state index contributed by atoms with van der Waals surface area (Å²) in [4.78, 5) is 28.0. The monoisotopic (exact) mass is 624 g/mol. The Morgan fingerprint density at radius 1 is 1.09 bits per heavy atom. The van der Waals surface area contributed by atoms with Gasteiger partial charge < -0.3 is 20.3 Å². The zero-order chi connectivity index (χ0) is 32.2. The summed E-state index contributed by atoms with van der Waals surface area (Å²) in [6.07, 6.45) is 1.16. The first kappa shape index (κ1) is 32.7. The van der Waals surface area contributed by atoms with Crippen molar-refractivity contribution in [1.82, 2.24) is 25.6 Å². The van der Waals surface area contributed by atoms with Crippen LogP contribution < -0.4 is 20.3 Å². The number of carbonyl (C=O) groups excluding carboxylic acids is 1. The topological polar surface area (TPSA) is 92.3 Å². The van der Waals surface area contributed by atoms with Crippen LogP contribution in [0.4, 0.5) is 18.9 Å². The molecule has 242 valence electrons. The molecular weight excluding hydrogens is 581 g/mol. The van der Waals surface area contributed by atoms with Gasteiger partial charge >= 0.3 is 6.18 Å². The van der Waals surface area contributed by atoms with Gasteiger partial charge in [-0.15, -0.1) is 0 Å². The third-order valence-corrected chi connectivity index (χ3v) is 9.14. The third kappa shape index (κ3) is 6.78. The van der Waals surface area contributed by atoms with Crippen LogP contribution >= 0.6 is 0 Å². The second-order valence-electron chi connectivity index (χ2n) is 12.2. The number of fused-ring (bicyclic) bond motifs is 2. The molecule has 3 aromatic heterocycles. The Hall–Kier alpha value is -3.73. The number of nitrogens with zero attached hydrogens (tertiary/aromatic N) is 4. The minimum Gasteiger partial charge on any atom is -0.477 e. The van der Waals surface area contributed by atoms with Crippen molar-refractivity contribution in [2.24, 2.45) is 5.92 Å². The summed E-state index contributed by atoms with van der Waals surface area (Å²) in [6, 6.07) is 10.7. The Bertz CT molecular complexity index is 1490. The molecule has 1 spiro atoms. The molecule has 3 aliphatic heterocycles. The Balaban J connectivity index is 0.000000729. The molecule has 3 aliphatic rings. The molecule has 6 heterocycles. The van der Waals surface area contributed by atoms with Crippen LogP contribution in [0.5, 0.6) is 5.88 Å². The zero-order valence-corrected chi connectivity index (χ0v) is 26.5. The number of alkyl halides is 3. The summed E-state index contributed by atoms with van der Waals surface area (Å²) >= 11 is 0. The van der Waals surface area contributed by atoms with E-state index in [2.05, 4.69) is 20.6 Å². The van der Waals surface area contributed by atoms with Crippen molar-refractivity contribution in [2.45, 2.75) is 70.9 Å². The number of halogens is 3. The number of rotatable bonds is 6. The van der Waals surface area contributed by atoms with Crippen LogP contribution in [0.3, 0.4) is 0 Å². The summed E-state index contributed by atoms with van der Waals surface area (Å²) in [5.41, 5.74) is 1.72. The predicted molar refractivity (Wildman–Crippen MR) is 169 cm³/mol. The highest BCUT2D eigenvalue weighted by Gasteiger charge is 2.49. The average molecular weight is 625 g/mol. The normalized spacial score (nSPS) is 21.3. The first-order chi connectivity index (χ1) is 21.6. The number of nitrogens with one attached hydrogen (secondary N) is 2. The molecule has 2 atom stereocenters. The highest BCUT2D eigenvalue weighted by atomic mass is 19.4. The summed E-state index contributed by atoms with van der Waals surface area (Å²) < 4.78 is 48.0. The molecule has 0 radical (unpaired) electrons. The second kappa shape index (κ2) is 13.7. The highest BCUT2D eigenvalue weighted by molar-refractivity contribution is 5.96. The van der Waals surface area contributed by atoms with Crippen LogP contribution in [0.1, 0.15) is 86.7 Å². The standard InChI is InChI=1S/C30H34F3N5O2.C4H9N/c1-5-19-16-38(24-12-11-22(18(3)4)37-26(24)30(31,32)33)15-13-29(19)17-35-27(39)25-21(29)9-10-23(36-25)20-8-7-14-34-28(20)40-6-2;1-2-4-5-3-1/h7-12,14,18-19H,5-6,13,15-17H2,1-4H3,(H,35,39);5H,1-4H2. The molecule has 3 aromatic rings. The SMILES string of the molecule is C1CCNC1.CCOc1ncccc1-c1ccc2c(n1)C(=O)NCC21CCN(c2ccc(C(C)C)nc2C(F)(F)F)CC1CC. The average Bonchev–Trinajstić information content (AvgIpc) is 3.63. The first-order valence-electron chi connectivity index (χ1n) is 16.0. The molecule has 0 aliphatic carbocycles. The molecule has 2 unspecified atom stereocenters. The van der Waals surface area contributed by atoms with Crippen molar-refractivity contribution in [1.29, 1.82) is 0 Å². The fraction of sp³-hybridized carbons (Fsp3) is 0.529. The molecular formula is C34H43F3N6O2. The van der Waals surface area contributed by atoms with Crippen LogP contribution in [0.2, 0.25) is 0 Å². The minimum atomic E-state index is -4.56. The van der Waals surface area contributed by atoms with Gasteiger partial charge in [-0.3, -0.25) is 4.79 Å².